The molecule has 1 amide bonds. The first kappa shape index (κ1) is 23.7. The van der Waals surface area contributed by atoms with Crippen molar-refractivity contribution < 1.29 is 13.9 Å². The van der Waals surface area contributed by atoms with Gasteiger partial charge >= 0.3 is 0 Å². The maximum atomic E-state index is 12.3. The van der Waals surface area contributed by atoms with Crippen LogP contribution in [0.1, 0.15) is 17.0 Å². The average Bonchev–Trinajstić information content (AvgIpc) is 3.21. The lowest BCUT2D eigenvalue weighted by molar-refractivity contribution is 0.0657. The number of halogens is 1. The Balaban J connectivity index is 0.00000364. The minimum absolute atomic E-state index is 0. The molecule has 1 aliphatic rings. The number of nitrogens with one attached hydrogen (secondary N) is 1. The van der Waals surface area contributed by atoms with Crippen molar-refractivity contribution in [1.29, 1.82) is 0 Å². The molecule has 1 aromatic rings. The summed E-state index contributed by atoms with van der Waals surface area (Å²) in [6.07, 6.45) is 2.57. The van der Waals surface area contributed by atoms with E-state index < -0.39 is 0 Å². The first-order valence-electron chi connectivity index (χ1n) is 9.11. The highest BCUT2D eigenvalue weighted by Crippen LogP contribution is 2.09. The highest BCUT2D eigenvalue weighted by molar-refractivity contribution is 14.0. The molecule has 0 spiro atoms. The molecule has 1 N–H and O–H groups in total. The van der Waals surface area contributed by atoms with Crippen LogP contribution >= 0.6 is 24.0 Å². The lowest BCUT2D eigenvalue weighted by Gasteiger charge is -2.36. The predicted octanol–water partition coefficient (Wildman–Crippen LogP) is 1.20. The number of amides is 1. The van der Waals surface area contributed by atoms with E-state index in [2.05, 4.69) is 27.2 Å². The number of rotatable bonds is 8. The van der Waals surface area contributed by atoms with Gasteiger partial charge in [0.15, 0.2) is 11.7 Å². The van der Waals surface area contributed by atoms with Crippen LogP contribution in [0.25, 0.3) is 0 Å². The predicted molar refractivity (Wildman–Crippen MR) is 117 cm³/mol. The number of nitrogens with zero attached hydrogens (tertiary/aromatic N) is 4. The van der Waals surface area contributed by atoms with Crippen LogP contribution in [0.3, 0.4) is 0 Å². The van der Waals surface area contributed by atoms with Gasteiger partial charge < -0.3 is 29.2 Å². The number of carbonyl (C=O) groups is 1. The molecule has 9 heteroatoms. The largest absolute Gasteiger partial charge is 0.459 e. The Kier molecular flexibility index (Phi) is 11.4. The van der Waals surface area contributed by atoms with Crippen LogP contribution in [0.5, 0.6) is 0 Å². The number of carbonyl (C=O) groups excluding carboxylic acids is 1. The molecule has 0 bridgehead atoms. The van der Waals surface area contributed by atoms with Gasteiger partial charge in [0.1, 0.15) is 0 Å². The zero-order valence-corrected chi connectivity index (χ0v) is 18.8. The fourth-order valence-electron chi connectivity index (χ4n) is 2.92. The number of furan rings is 1. The number of piperazine rings is 1. The molecule has 1 saturated heterocycles. The van der Waals surface area contributed by atoms with Gasteiger partial charge in [-0.05, 0) is 32.1 Å². The number of hydrogen-bond acceptors (Lipinski definition) is 5. The van der Waals surface area contributed by atoms with Crippen molar-refractivity contribution in [2.24, 2.45) is 4.99 Å². The molecule has 0 unspecified atom stereocenters. The zero-order chi connectivity index (χ0) is 18.8. The number of aliphatic imine (C=N–C) groups is 1. The monoisotopic (exact) mass is 493 g/mol. The Morgan fingerprint density at radius 2 is 2.00 bits per heavy atom. The molecule has 2 heterocycles. The Bertz CT molecular complexity index is 559. The third kappa shape index (κ3) is 7.67. The van der Waals surface area contributed by atoms with E-state index in [4.69, 9.17) is 9.15 Å². The molecule has 154 valence electrons. The molecular weight excluding hydrogens is 461 g/mol. The summed E-state index contributed by atoms with van der Waals surface area (Å²) in [5.41, 5.74) is 0. The van der Waals surface area contributed by atoms with E-state index >= 15 is 0 Å². The van der Waals surface area contributed by atoms with Crippen LogP contribution in [0.2, 0.25) is 0 Å². The summed E-state index contributed by atoms with van der Waals surface area (Å²) in [7, 11) is 5.62. The molecule has 1 aromatic heterocycles. The van der Waals surface area contributed by atoms with Gasteiger partial charge in [-0.3, -0.25) is 9.79 Å². The van der Waals surface area contributed by atoms with Crippen molar-refractivity contribution in [3.63, 3.8) is 0 Å². The number of methoxy groups -OCH3 is 1. The molecule has 0 aromatic carbocycles. The molecule has 27 heavy (non-hydrogen) atoms. The van der Waals surface area contributed by atoms with Crippen molar-refractivity contribution in [1.82, 2.24) is 20.0 Å². The van der Waals surface area contributed by atoms with Crippen LogP contribution < -0.4 is 5.32 Å². The van der Waals surface area contributed by atoms with Crippen LogP contribution in [0.4, 0.5) is 0 Å². The van der Waals surface area contributed by atoms with Crippen LogP contribution in [0, 0.1) is 0 Å². The van der Waals surface area contributed by atoms with Gasteiger partial charge in [0.05, 0.1) is 12.9 Å². The van der Waals surface area contributed by atoms with Gasteiger partial charge in [0.25, 0.3) is 5.91 Å². The lowest BCUT2D eigenvalue weighted by atomic mass is 10.3. The topological polar surface area (TPSA) is 73.6 Å². The van der Waals surface area contributed by atoms with Crippen molar-refractivity contribution in [3.05, 3.63) is 24.2 Å². The van der Waals surface area contributed by atoms with E-state index in [0.717, 1.165) is 51.7 Å². The summed E-state index contributed by atoms with van der Waals surface area (Å²) in [5.74, 6) is 1.25. The minimum Gasteiger partial charge on any atom is -0.459 e. The summed E-state index contributed by atoms with van der Waals surface area (Å²) >= 11 is 0. The molecule has 0 radical (unpaired) electrons. The Labute approximate surface area is 178 Å². The second kappa shape index (κ2) is 12.9. The van der Waals surface area contributed by atoms with Gasteiger partial charge in [-0.15, -0.1) is 24.0 Å². The number of ether oxygens (including phenoxy) is 1. The van der Waals surface area contributed by atoms with Crippen molar-refractivity contribution in [3.8, 4) is 0 Å². The third-order valence-corrected chi connectivity index (χ3v) is 4.49. The molecule has 1 aliphatic heterocycles. The maximum absolute atomic E-state index is 12.3. The van der Waals surface area contributed by atoms with Crippen LogP contribution in [0.15, 0.2) is 27.8 Å². The summed E-state index contributed by atoms with van der Waals surface area (Å²) in [6, 6.07) is 3.45. The van der Waals surface area contributed by atoms with Crippen LogP contribution in [-0.4, -0.2) is 100 Å². The van der Waals surface area contributed by atoms with E-state index in [0.29, 0.717) is 18.8 Å². The van der Waals surface area contributed by atoms with Crippen molar-refractivity contribution in [2.45, 2.75) is 6.42 Å². The van der Waals surface area contributed by atoms with Gasteiger partial charge in [0.2, 0.25) is 0 Å². The fraction of sp³-hybridized carbons (Fsp3) is 0.667. The molecular formula is C18H32IN5O3. The highest BCUT2D eigenvalue weighted by atomic mass is 127. The number of likely N-dealkylation sites (N-methyl/N-ethyl adjacent to an activating group) is 1. The first-order valence-corrected chi connectivity index (χ1v) is 9.11. The van der Waals surface area contributed by atoms with E-state index in [1.165, 1.54) is 6.26 Å². The van der Waals surface area contributed by atoms with Crippen LogP contribution in [-0.2, 0) is 4.74 Å². The lowest BCUT2D eigenvalue weighted by Crippen LogP contribution is -2.53. The Morgan fingerprint density at radius 3 is 2.59 bits per heavy atom. The van der Waals surface area contributed by atoms with Gasteiger partial charge in [-0.2, -0.15) is 0 Å². The molecule has 0 atom stereocenters. The molecule has 0 aliphatic carbocycles. The third-order valence-electron chi connectivity index (χ3n) is 4.49. The van der Waals surface area contributed by atoms with E-state index in [-0.39, 0.29) is 29.9 Å². The SMILES string of the molecule is CN=C(NCCCN(C)CCOC)N1CCN(C(=O)c2ccco2)CC1.I. The highest BCUT2D eigenvalue weighted by Gasteiger charge is 2.24. The van der Waals surface area contributed by atoms with Gasteiger partial charge in [-0.25, -0.2) is 0 Å². The van der Waals surface area contributed by atoms with Crippen molar-refractivity contribution >= 4 is 35.8 Å². The van der Waals surface area contributed by atoms with Gasteiger partial charge in [0, 0.05) is 53.4 Å². The Hall–Kier alpha value is -1.33. The Morgan fingerprint density at radius 1 is 1.30 bits per heavy atom. The standard InChI is InChI=1S/C18H31N5O3.HI/c1-19-18(20-7-5-8-21(2)13-15-25-3)23-11-9-22(10-12-23)17(24)16-6-4-14-26-16;/h4,6,14H,5,7-13,15H2,1-3H3,(H,19,20);1H. The first-order chi connectivity index (χ1) is 12.7. The summed E-state index contributed by atoms with van der Waals surface area (Å²) in [5, 5.41) is 3.42. The smallest absolute Gasteiger partial charge is 0.289 e. The summed E-state index contributed by atoms with van der Waals surface area (Å²) in [6.45, 7) is 6.44. The average molecular weight is 493 g/mol. The number of hydrogen-bond donors (Lipinski definition) is 1. The maximum Gasteiger partial charge on any atom is 0.289 e. The summed E-state index contributed by atoms with van der Waals surface area (Å²) < 4.78 is 10.3. The van der Waals surface area contributed by atoms with E-state index in [1.54, 1.807) is 26.3 Å². The quantitative estimate of drug-likeness (QED) is 0.254. The molecule has 0 saturated carbocycles. The van der Waals surface area contributed by atoms with Gasteiger partial charge in [-0.1, -0.05) is 0 Å². The second-order valence-corrected chi connectivity index (χ2v) is 6.38. The normalized spacial score (nSPS) is 15.0. The second-order valence-electron chi connectivity index (χ2n) is 6.38. The van der Waals surface area contributed by atoms with E-state index in [9.17, 15) is 4.79 Å². The summed E-state index contributed by atoms with van der Waals surface area (Å²) in [4.78, 5) is 23.0. The molecule has 2 rings (SSSR count). The molecule has 1 fully saturated rings. The minimum atomic E-state index is -0.0447. The fourth-order valence-corrected chi connectivity index (χ4v) is 2.92. The van der Waals surface area contributed by atoms with Crippen molar-refractivity contribution in [2.75, 3.05) is 73.6 Å². The number of guanidine groups is 1. The molecule has 8 nitrogen and oxygen atoms in total. The van der Waals surface area contributed by atoms with E-state index in [1.807, 2.05) is 4.90 Å². The zero-order valence-electron chi connectivity index (χ0n) is 16.5.